The van der Waals surface area contributed by atoms with E-state index in [-0.39, 0.29) is 0 Å². The molecule has 0 aliphatic rings. The van der Waals surface area contributed by atoms with Crippen LogP contribution in [0.15, 0.2) is 36.4 Å². The van der Waals surface area contributed by atoms with Crippen molar-refractivity contribution in [3.63, 3.8) is 0 Å². The Morgan fingerprint density at radius 2 is 1.62 bits per heavy atom. The fourth-order valence-corrected chi connectivity index (χ4v) is 2.15. The summed E-state index contributed by atoms with van der Waals surface area (Å²) in [7, 11) is 0. The first-order chi connectivity index (χ1) is 7.75. The summed E-state index contributed by atoms with van der Waals surface area (Å²) in [6.07, 6.45) is 0. The molecule has 4 heteroatoms. The molecule has 0 unspecified atom stereocenters. The van der Waals surface area contributed by atoms with E-state index in [4.69, 9.17) is 23.2 Å². The maximum atomic E-state index is 6.08. The molecule has 78 valence electrons. The van der Waals surface area contributed by atoms with Crippen LogP contribution < -0.4 is 0 Å². The predicted molar refractivity (Wildman–Crippen MR) is 67.1 cm³/mol. The van der Waals surface area contributed by atoms with Crippen LogP contribution in [0, 0.1) is 0 Å². The smallest absolute Gasteiger partial charge is 0.156 e. The lowest BCUT2D eigenvalue weighted by Gasteiger charge is -2.04. The number of halogens is 2. The molecule has 0 atom stereocenters. The van der Waals surface area contributed by atoms with Crippen molar-refractivity contribution in [3.8, 4) is 0 Å². The van der Waals surface area contributed by atoms with E-state index in [1.165, 1.54) is 0 Å². The number of fused-ring (bicyclic) bond motifs is 3. The SMILES string of the molecule is Clc1ccc2c(n1)c(Cl)nc1ccccc12. The first kappa shape index (κ1) is 9.82. The molecule has 2 aromatic heterocycles. The molecule has 0 bridgehead atoms. The van der Waals surface area contributed by atoms with Crippen LogP contribution in [-0.2, 0) is 0 Å². The summed E-state index contributed by atoms with van der Waals surface area (Å²) in [5, 5.41) is 2.81. The fraction of sp³-hybridized carbons (Fsp3) is 0. The zero-order valence-corrected chi connectivity index (χ0v) is 9.63. The first-order valence-electron chi connectivity index (χ1n) is 4.76. The van der Waals surface area contributed by atoms with Gasteiger partial charge in [-0.2, -0.15) is 0 Å². The molecule has 3 aromatic rings. The summed E-state index contributed by atoms with van der Waals surface area (Å²) in [4.78, 5) is 8.49. The molecule has 0 N–H and O–H groups in total. The van der Waals surface area contributed by atoms with E-state index in [2.05, 4.69) is 9.97 Å². The normalized spacial score (nSPS) is 11.1. The number of hydrogen-bond acceptors (Lipinski definition) is 2. The lowest BCUT2D eigenvalue weighted by Crippen LogP contribution is -1.87. The Hall–Kier alpha value is -1.38. The van der Waals surface area contributed by atoms with Gasteiger partial charge >= 0.3 is 0 Å². The van der Waals surface area contributed by atoms with Gasteiger partial charge in [0.05, 0.1) is 5.52 Å². The fourth-order valence-electron chi connectivity index (χ4n) is 1.77. The maximum Gasteiger partial charge on any atom is 0.156 e. The second-order valence-corrected chi connectivity index (χ2v) is 4.20. The van der Waals surface area contributed by atoms with Gasteiger partial charge in [0, 0.05) is 10.8 Å². The highest BCUT2D eigenvalue weighted by molar-refractivity contribution is 6.36. The minimum atomic E-state index is 0.385. The number of para-hydroxylation sites is 1. The van der Waals surface area contributed by atoms with Gasteiger partial charge in [0.25, 0.3) is 0 Å². The maximum absolute atomic E-state index is 6.08. The summed E-state index contributed by atoms with van der Waals surface area (Å²) in [5.41, 5.74) is 1.51. The van der Waals surface area contributed by atoms with Crippen LogP contribution in [0.1, 0.15) is 0 Å². The number of benzene rings is 1. The molecule has 0 radical (unpaired) electrons. The Balaban J connectivity index is 2.59. The molecule has 2 nitrogen and oxygen atoms in total. The minimum Gasteiger partial charge on any atom is -0.234 e. The van der Waals surface area contributed by atoms with Gasteiger partial charge in [-0.05, 0) is 18.2 Å². The topological polar surface area (TPSA) is 25.8 Å². The van der Waals surface area contributed by atoms with Gasteiger partial charge < -0.3 is 0 Å². The van der Waals surface area contributed by atoms with Crippen molar-refractivity contribution in [2.75, 3.05) is 0 Å². The Morgan fingerprint density at radius 1 is 0.812 bits per heavy atom. The molecule has 2 heterocycles. The van der Waals surface area contributed by atoms with E-state index in [1.807, 2.05) is 30.3 Å². The van der Waals surface area contributed by atoms with E-state index in [9.17, 15) is 0 Å². The predicted octanol–water partition coefficient (Wildman–Crippen LogP) is 4.09. The van der Waals surface area contributed by atoms with E-state index in [1.54, 1.807) is 6.07 Å². The van der Waals surface area contributed by atoms with Gasteiger partial charge in [0.15, 0.2) is 5.15 Å². The van der Waals surface area contributed by atoms with Crippen molar-refractivity contribution < 1.29 is 0 Å². The van der Waals surface area contributed by atoms with Crippen molar-refractivity contribution >= 4 is 45.0 Å². The highest BCUT2D eigenvalue weighted by atomic mass is 35.5. The number of nitrogens with zero attached hydrogens (tertiary/aromatic N) is 2. The lowest BCUT2D eigenvalue weighted by atomic mass is 10.1. The molecule has 0 fully saturated rings. The van der Waals surface area contributed by atoms with Crippen molar-refractivity contribution in [2.45, 2.75) is 0 Å². The molecule has 3 rings (SSSR count). The second kappa shape index (κ2) is 3.58. The van der Waals surface area contributed by atoms with Gasteiger partial charge in [-0.1, -0.05) is 41.4 Å². The van der Waals surface area contributed by atoms with E-state index < -0.39 is 0 Å². The molecular weight excluding hydrogens is 243 g/mol. The molecule has 0 aliphatic heterocycles. The average Bonchev–Trinajstić information content (AvgIpc) is 2.29. The highest BCUT2D eigenvalue weighted by Crippen LogP contribution is 2.28. The van der Waals surface area contributed by atoms with Gasteiger partial charge in [0.1, 0.15) is 10.7 Å². The zero-order chi connectivity index (χ0) is 11.1. The van der Waals surface area contributed by atoms with Crippen LogP contribution in [0.3, 0.4) is 0 Å². The monoisotopic (exact) mass is 248 g/mol. The minimum absolute atomic E-state index is 0.385. The molecule has 0 spiro atoms. The molecule has 1 aromatic carbocycles. The standard InChI is InChI=1S/C12H6Cl2N2/c13-10-6-5-8-7-3-1-2-4-9(7)15-12(14)11(8)16-10/h1-6H. The van der Waals surface area contributed by atoms with Crippen molar-refractivity contribution in [3.05, 3.63) is 46.7 Å². The van der Waals surface area contributed by atoms with Crippen molar-refractivity contribution in [1.82, 2.24) is 9.97 Å². The van der Waals surface area contributed by atoms with Gasteiger partial charge in [-0.15, -0.1) is 0 Å². The Bertz CT molecular complexity index is 695. The zero-order valence-electron chi connectivity index (χ0n) is 8.11. The molecular formula is C12H6Cl2N2. The number of aromatic nitrogens is 2. The van der Waals surface area contributed by atoms with Crippen molar-refractivity contribution in [2.24, 2.45) is 0 Å². The first-order valence-corrected chi connectivity index (χ1v) is 5.52. The lowest BCUT2D eigenvalue weighted by molar-refractivity contribution is 1.36. The number of rotatable bonds is 0. The van der Waals surface area contributed by atoms with E-state index in [0.29, 0.717) is 15.8 Å². The van der Waals surface area contributed by atoms with Crippen LogP contribution in [-0.4, -0.2) is 9.97 Å². The van der Waals surface area contributed by atoms with Gasteiger partial charge in [-0.25, -0.2) is 9.97 Å². The Labute approximate surface area is 102 Å². The van der Waals surface area contributed by atoms with E-state index >= 15 is 0 Å². The third kappa shape index (κ3) is 1.42. The number of hydrogen-bond donors (Lipinski definition) is 0. The number of pyridine rings is 2. The largest absolute Gasteiger partial charge is 0.234 e. The highest BCUT2D eigenvalue weighted by Gasteiger charge is 2.07. The summed E-state index contributed by atoms with van der Waals surface area (Å²) in [6, 6.07) is 11.5. The second-order valence-electron chi connectivity index (χ2n) is 3.45. The van der Waals surface area contributed by atoms with Crippen LogP contribution in [0.5, 0.6) is 0 Å². The van der Waals surface area contributed by atoms with Gasteiger partial charge in [0.2, 0.25) is 0 Å². The average molecular weight is 249 g/mol. The van der Waals surface area contributed by atoms with Gasteiger partial charge in [-0.3, -0.25) is 0 Å². The van der Waals surface area contributed by atoms with Crippen LogP contribution in [0.4, 0.5) is 0 Å². The molecule has 16 heavy (non-hydrogen) atoms. The summed E-state index contributed by atoms with van der Waals surface area (Å²) >= 11 is 11.9. The summed E-state index contributed by atoms with van der Waals surface area (Å²) in [6.45, 7) is 0. The molecule has 0 aliphatic carbocycles. The van der Waals surface area contributed by atoms with Crippen LogP contribution in [0.2, 0.25) is 10.3 Å². The Morgan fingerprint density at radius 3 is 2.50 bits per heavy atom. The third-order valence-corrected chi connectivity index (χ3v) is 2.94. The van der Waals surface area contributed by atoms with Crippen LogP contribution >= 0.6 is 23.2 Å². The van der Waals surface area contributed by atoms with Crippen molar-refractivity contribution in [1.29, 1.82) is 0 Å². The third-order valence-electron chi connectivity index (χ3n) is 2.47. The summed E-state index contributed by atoms with van der Waals surface area (Å²) in [5.74, 6) is 0. The molecule has 0 amide bonds. The Kier molecular flexibility index (Phi) is 2.20. The molecule has 0 saturated heterocycles. The van der Waals surface area contributed by atoms with E-state index in [0.717, 1.165) is 16.3 Å². The summed E-state index contributed by atoms with van der Waals surface area (Å²) < 4.78 is 0. The molecule has 0 saturated carbocycles. The van der Waals surface area contributed by atoms with Crippen LogP contribution in [0.25, 0.3) is 21.8 Å². The quantitative estimate of drug-likeness (QED) is 0.443.